The van der Waals surface area contributed by atoms with Crippen LogP contribution in [0.1, 0.15) is 11.1 Å². The van der Waals surface area contributed by atoms with Gasteiger partial charge in [0.25, 0.3) is 0 Å². The van der Waals surface area contributed by atoms with Gasteiger partial charge < -0.3 is 0 Å². The first kappa shape index (κ1) is 17.3. The van der Waals surface area contributed by atoms with Crippen molar-refractivity contribution >= 4 is 10.9 Å². The molecule has 25 heavy (non-hydrogen) atoms. The first-order chi connectivity index (χ1) is 11.9. The molecule has 0 fully saturated rings. The lowest BCUT2D eigenvalue weighted by Gasteiger charge is -2.18. The number of halogens is 5. The summed E-state index contributed by atoms with van der Waals surface area (Å²) in [5.74, 6) is -9.61. The molecule has 1 aromatic heterocycles. The maximum atomic E-state index is 13.8. The van der Waals surface area contributed by atoms with Crippen molar-refractivity contribution < 1.29 is 22.0 Å². The predicted molar refractivity (Wildman–Crippen MR) is 83.1 cm³/mol. The third-order valence-electron chi connectivity index (χ3n) is 3.85. The Bertz CT molecular complexity index is 913. The van der Waals surface area contributed by atoms with Gasteiger partial charge >= 0.3 is 0 Å². The number of fused-ring (bicyclic) bond motifs is 1. The zero-order valence-electron chi connectivity index (χ0n) is 13.2. The Kier molecular flexibility index (Phi) is 4.67. The number of pyridine rings is 1. The standard InChI is InChI=1S/C18H13F5N2/c1-25(8-10-4-5-13-11(7-10)3-2-6-24-13)9-12-14(19)16(21)18(23)17(22)15(12)20/h2-7H,8-9H2,1H3. The summed E-state index contributed by atoms with van der Waals surface area (Å²) < 4.78 is 67.1. The molecule has 0 N–H and O–H groups in total. The number of aromatic nitrogens is 1. The first-order valence-corrected chi connectivity index (χ1v) is 7.41. The molecule has 2 aromatic carbocycles. The maximum absolute atomic E-state index is 13.8. The average molecular weight is 352 g/mol. The Morgan fingerprint density at radius 3 is 2.16 bits per heavy atom. The molecular weight excluding hydrogens is 339 g/mol. The molecule has 0 saturated heterocycles. The number of hydrogen-bond acceptors (Lipinski definition) is 2. The molecule has 2 nitrogen and oxygen atoms in total. The van der Waals surface area contributed by atoms with E-state index in [1.54, 1.807) is 24.4 Å². The highest BCUT2D eigenvalue weighted by molar-refractivity contribution is 5.78. The Hall–Kier alpha value is -2.54. The molecule has 1 heterocycles. The molecule has 3 aromatic rings. The number of benzene rings is 2. The van der Waals surface area contributed by atoms with Crippen LogP contribution in [-0.4, -0.2) is 16.9 Å². The quantitative estimate of drug-likeness (QED) is 0.389. The lowest BCUT2D eigenvalue weighted by atomic mass is 10.1. The van der Waals surface area contributed by atoms with Gasteiger partial charge in [0.1, 0.15) is 0 Å². The fourth-order valence-corrected chi connectivity index (χ4v) is 2.65. The van der Waals surface area contributed by atoms with E-state index in [9.17, 15) is 22.0 Å². The van der Waals surface area contributed by atoms with Gasteiger partial charge in [-0.2, -0.15) is 0 Å². The van der Waals surface area contributed by atoms with E-state index in [4.69, 9.17) is 0 Å². The molecule has 0 aliphatic heterocycles. The second kappa shape index (κ2) is 6.76. The van der Waals surface area contributed by atoms with Crippen LogP contribution in [0.2, 0.25) is 0 Å². The fraction of sp³-hybridized carbons (Fsp3) is 0.167. The van der Waals surface area contributed by atoms with Crippen LogP contribution in [0.25, 0.3) is 10.9 Å². The summed E-state index contributed by atoms with van der Waals surface area (Å²) in [5.41, 5.74) is 0.780. The third-order valence-corrected chi connectivity index (χ3v) is 3.85. The van der Waals surface area contributed by atoms with E-state index in [0.717, 1.165) is 16.5 Å². The molecule has 0 atom stereocenters. The number of nitrogens with zero attached hydrogens (tertiary/aromatic N) is 2. The van der Waals surface area contributed by atoms with E-state index in [1.807, 2.05) is 12.1 Å². The van der Waals surface area contributed by atoms with E-state index in [-0.39, 0.29) is 6.54 Å². The van der Waals surface area contributed by atoms with Crippen LogP contribution < -0.4 is 0 Å². The van der Waals surface area contributed by atoms with E-state index in [0.29, 0.717) is 0 Å². The number of rotatable bonds is 4. The molecule has 130 valence electrons. The molecule has 0 unspecified atom stereocenters. The topological polar surface area (TPSA) is 16.1 Å². The van der Waals surface area contributed by atoms with Gasteiger partial charge in [-0.3, -0.25) is 9.88 Å². The highest BCUT2D eigenvalue weighted by Crippen LogP contribution is 2.24. The summed E-state index contributed by atoms with van der Waals surface area (Å²) >= 11 is 0. The number of hydrogen-bond donors (Lipinski definition) is 0. The molecule has 3 rings (SSSR count). The van der Waals surface area contributed by atoms with Crippen LogP contribution in [0.3, 0.4) is 0 Å². The van der Waals surface area contributed by atoms with Gasteiger partial charge in [0, 0.05) is 30.2 Å². The van der Waals surface area contributed by atoms with Gasteiger partial charge in [0.15, 0.2) is 23.3 Å². The van der Waals surface area contributed by atoms with Crippen LogP contribution in [0, 0.1) is 29.1 Å². The molecular formula is C18H13F5N2. The van der Waals surface area contributed by atoms with Gasteiger partial charge in [-0.1, -0.05) is 12.1 Å². The van der Waals surface area contributed by atoms with Crippen molar-refractivity contribution in [3.05, 3.63) is 76.7 Å². The summed E-state index contributed by atoms with van der Waals surface area (Å²) in [4.78, 5) is 5.66. The third kappa shape index (κ3) is 3.32. The summed E-state index contributed by atoms with van der Waals surface area (Å²) in [7, 11) is 1.53. The summed E-state index contributed by atoms with van der Waals surface area (Å²) in [6, 6.07) is 9.11. The second-order valence-corrected chi connectivity index (χ2v) is 5.75. The lowest BCUT2D eigenvalue weighted by Crippen LogP contribution is -2.20. The summed E-state index contributed by atoms with van der Waals surface area (Å²) in [6.45, 7) is -0.152. The van der Waals surface area contributed by atoms with Gasteiger partial charge in [0.2, 0.25) is 5.82 Å². The Balaban J connectivity index is 1.84. The van der Waals surface area contributed by atoms with Crippen molar-refractivity contribution in [2.24, 2.45) is 0 Å². The maximum Gasteiger partial charge on any atom is 0.200 e. The summed E-state index contributed by atoms with van der Waals surface area (Å²) in [5, 5.41) is 0.893. The smallest absolute Gasteiger partial charge is 0.200 e. The van der Waals surface area contributed by atoms with Crippen molar-refractivity contribution in [2.45, 2.75) is 13.1 Å². The van der Waals surface area contributed by atoms with Crippen molar-refractivity contribution in [1.82, 2.24) is 9.88 Å². The van der Waals surface area contributed by atoms with Gasteiger partial charge in [-0.15, -0.1) is 0 Å². The molecule has 0 saturated carbocycles. The Labute approximate surface area is 140 Å². The fourth-order valence-electron chi connectivity index (χ4n) is 2.65. The molecule has 0 amide bonds. The second-order valence-electron chi connectivity index (χ2n) is 5.75. The minimum absolute atomic E-state index is 0.268. The zero-order valence-corrected chi connectivity index (χ0v) is 13.2. The van der Waals surface area contributed by atoms with Crippen LogP contribution >= 0.6 is 0 Å². The van der Waals surface area contributed by atoms with E-state index < -0.39 is 41.2 Å². The highest BCUT2D eigenvalue weighted by atomic mass is 19.2. The monoisotopic (exact) mass is 352 g/mol. The van der Waals surface area contributed by atoms with Crippen LogP contribution in [0.5, 0.6) is 0 Å². The molecule has 0 bridgehead atoms. The van der Waals surface area contributed by atoms with Crippen molar-refractivity contribution in [3.8, 4) is 0 Å². The van der Waals surface area contributed by atoms with Gasteiger partial charge in [-0.05, 0) is 30.8 Å². The largest absolute Gasteiger partial charge is 0.298 e. The zero-order chi connectivity index (χ0) is 18.1. The Morgan fingerprint density at radius 2 is 1.48 bits per heavy atom. The molecule has 0 spiro atoms. The molecule has 7 heteroatoms. The van der Waals surface area contributed by atoms with Crippen molar-refractivity contribution in [2.75, 3.05) is 7.05 Å². The minimum atomic E-state index is -2.15. The van der Waals surface area contributed by atoms with Crippen LogP contribution in [0.15, 0.2) is 36.5 Å². The predicted octanol–water partition coefficient (Wildman–Crippen LogP) is 4.56. The average Bonchev–Trinajstić information content (AvgIpc) is 2.62. The SMILES string of the molecule is CN(Cc1ccc2ncccc2c1)Cc1c(F)c(F)c(F)c(F)c1F. The molecule has 0 aliphatic rings. The van der Waals surface area contributed by atoms with E-state index in [2.05, 4.69) is 4.98 Å². The van der Waals surface area contributed by atoms with Crippen molar-refractivity contribution in [3.63, 3.8) is 0 Å². The molecule has 0 radical (unpaired) electrons. The van der Waals surface area contributed by atoms with Gasteiger partial charge in [-0.25, -0.2) is 22.0 Å². The first-order valence-electron chi connectivity index (χ1n) is 7.41. The van der Waals surface area contributed by atoms with Crippen molar-refractivity contribution in [1.29, 1.82) is 0 Å². The van der Waals surface area contributed by atoms with Crippen LogP contribution in [0.4, 0.5) is 22.0 Å². The Morgan fingerprint density at radius 1 is 0.840 bits per heavy atom. The normalized spacial score (nSPS) is 11.5. The highest BCUT2D eigenvalue weighted by Gasteiger charge is 2.26. The molecule has 0 aliphatic carbocycles. The van der Waals surface area contributed by atoms with E-state index >= 15 is 0 Å². The minimum Gasteiger partial charge on any atom is -0.298 e. The van der Waals surface area contributed by atoms with Gasteiger partial charge in [0.05, 0.1) is 5.52 Å². The van der Waals surface area contributed by atoms with Crippen LogP contribution in [-0.2, 0) is 13.1 Å². The van der Waals surface area contributed by atoms with E-state index in [1.165, 1.54) is 11.9 Å². The summed E-state index contributed by atoms with van der Waals surface area (Å²) in [6.07, 6.45) is 1.66. The lowest BCUT2D eigenvalue weighted by molar-refractivity contribution is 0.293.